The second-order valence-electron chi connectivity index (χ2n) is 3.32. The lowest BCUT2D eigenvalue weighted by molar-refractivity contribution is -0.130. The third kappa shape index (κ3) is 1.44. The van der Waals surface area contributed by atoms with Crippen LogP contribution in [0.15, 0.2) is 0 Å². The molecule has 0 aliphatic heterocycles. The van der Waals surface area contributed by atoms with Crippen molar-refractivity contribution in [3.8, 4) is 0 Å². The van der Waals surface area contributed by atoms with E-state index in [1.165, 1.54) is 0 Å². The Bertz CT molecular complexity index is 152. The van der Waals surface area contributed by atoms with Crippen LogP contribution in [0.4, 0.5) is 0 Å². The van der Waals surface area contributed by atoms with E-state index in [1.54, 1.807) is 0 Å². The summed E-state index contributed by atoms with van der Waals surface area (Å²) in [5.41, 5.74) is 10.7. The first-order valence-electron chi connectivity index (χ1n) is 4.18. The van der Waals surface area contributed by atoms with Crippen molar-refractivity contribution in [2.45, 2.75) is 25.7 Å². The normalized spacial score (nSPS) is 23.6. The molecule has 3 nitrogen and oxygen atoms in total. The van der Waals surface area contributed by atoms with Gasteiger partial charge in [0.05, 0.1) is 5.41 Å². The van der Waals surface area contributed by atoms with Crippen LogP contribution in [0.25, 0.3) is 0 Å². The van der Waals surface area contributed by atoms with Gasteiger partial charge in [0.2, 0.25) is 0 Å². The molecule has 0 unspecified atom stereocenters. The predicted molar refractivity (Wildman–Crippen MR) is 44.0 cm³/mol. The summed E-state index contributed by atoms with van der Waals surface area (Å²) in [6.07, 6.45) is 3.67. The molecule has 4 N–H and O–H groups in total. The molecule has 1 saturated carbocycles. The molecule has 0 amide bonds. The van der Waals surface area contributed by atoms with E-state index >= 15 is 0 Å². The van der Waals surface area contributed by atoms with E-state index < -0.39 is 0 Å². The van der Waals surface area contributed by atoms with Gasteiger partial charge in [0.15, 0.2) is 0 Å². The Morgan fingerprint density at radius 1 is 1.27 bits per heavy atom. The SMILES string of the molecule is NCC1(CN)CCCCC1=O. The standard InChI is InChI=1S/C8H16N2O/c9-5-8(6-10)4-2-1-3-7(8)11/h1-6,9-10H2. The Morgan fingerprint density at radius 3 is 2.27 bits per heavy atom. The molecule has 0 atom stereocenters. The summed E-state index contributed by atoms with van der Waals surface area (Å²) in [7, 11) is 0. The van der Waals surface area contributed by atoms with Crippen molar-refractivity contribution in [1.29, 1.82) is 0 Å². The monoisotopic (exact) mass is 156 g/mol. The highest BCUT2D eigenvalue weighted by atomic mass is 16.1. The molecule has 0 aromatic heterocycles. The molecule has 0 radical (unpaired) electrons. The third-order valence-electron chi connectivity index (χ3n) is 2.68. The van der Waals surface area contributed by atoms with Crippen molar-refractivity contribution in [1.82, 2.24) is 0 Å². The van der Waals surface area contributed by atoms with Gasteiger partial charge in [-0.15, -0.1) is 0 Å². The summed E-state index contributed by atoms with van der Waals surface area (Å²) in [5, 5.41) is 0. The zero-order valence-corrected chi connectivity index (χ0v) is 6.81. The number of hydrogen-bond donors (Lipinski definition) is 2. The maximum Gasteiger partial charge on any atom is 0.141 e. The van der Waals surface area contributed by atoms with Crippen LogP contribution in [0.5, 0.6) is 0 Å². The molecule has 0 aromatic rings. The minimum absolute atomic E-state index is 0.272. The molecule has 0 saturated heterocycles. The van der Waals surface area contributed by atoms with Crippen molar-refractivity contribution >= 4 is 5.78 Å². The molecule has 0 spiro atoms. The third-order valence-corrected chi connectivity index (χ3v) is 2.68. The first kappa shape index (κ1) is 8.68. The first-order chi connectivity index (χ1) is 5.25. The molecular formula is C8H16N2O. The summed E-state index contributed by atoms with van der Waals surface area (Å²) in [5.74, 6) is 0.272. The summed E-state index contributed by atoms with van der Waals surface area (Å²) in [4.78, 5) is 11.4. The topological polar surface area (TPSA) is 69.1 Å². The fourth-order valence-corrected chi connectivity index (χ4v) is 1.67. The van der Waals surface area contributed by atoms with Crippen molar-refractivity contribution in [3.63, 3.8) is 0 Å². The Morgan fingerprint density at radius 2 is 1.91 bits per heavy atom. The number of Topliss-reactive ketones (excluding diaryl/α,β-unsaturated/α-hetero) is 1. The number of carbonyl (C=O) groups excluding carboxylic acids is 1. The van der Waals surface area contributed by atoms with E-state index in [9.17, 15) is 4.79 Å². The van der Waals surface area contributed by atoms with Gasteiger partial charge in [-0.2, -0.15) is 0 Å². The minimum Gasteiger partial charge on any atom is -0.329 e. The Hall–Kier alpha value is -0.410. The van der Waals surface area contributed by atoms with Crippen molar-refractivity contribution < 1.29 is 4.79 Å². The van der Waals surface area contributed by atoms with E-state index in [0.29, 0.717) is 19.5 Å². The van der Waals surface area contributed by atoms with Crippen LogP contribution in [0.1, 0.15) is 25.7 Å². The molecule has 3 heteroatoms. The fraction of sp³-hybridized carbons (Fsp3) is 0.875. The second kappa shape index (κ2) is 3.32. The molecule has 1 aliphatic rings. The second-order valence-corrected chi connectivity index (χ2v) is 3.32. The minimum atomic E-state index is -0.363. The summed E-state index contributed by atoms with van der Waals surface area (Å²) in [6.45, 7) is 0.838. The van der Waals surface area contributed by atoms with Crippen LogP contribution in [-0.2, 0) is 4.79 Å². The number of ketones is 1. The number of rotatable bonds is 2. The summed E-state index contributed by atoms with van der Waals surface area (Å²) in [6, 6.07) is 0. The highest BCUT2D eigenvalue weighted by Gasteiger charge is 2.36. The average Bonchev–Trinajstić information content (AvgIpc) is 2.06. The highest BCUT2D eigenvalue weighted by molar-refractivity contribution is 5.86. The van der Waals surface area contributed by atoms with Gasteiger partial charge in [0, 0.05) is 19.5 Å². The van der Waals surface area contributed by atoms with E-state index in [1.807, 2.05) is 0 Å². The number of nitrogens with two attached hydrogens (primary N) is 2. The quantitative estimate of drug-likeness (QED) is 0.592. The van der Waals surface area contributed by atoms with Crippen LogP contribution >= 0.6 is 0 Å². The van der Waals surface area contributed by atoms with Crippen LogP contribution in [-0.4, -0.2) is 18.9 Å². The largest absolute Gasteiger partial charge is 0.329 e. The van der Waals surface area contributed by atoms with E-state index in [4.69, 9.17) is 11.5 Å². The molecular weight excluding hydrogens is 140 g/mol. The van der Waals surface area contributed by atoms with Crippen LogP contribution in [0.3, 0.4) is 0 Å². The van der Waals surface area contributed by atoms with Gasteiger partial charge in [0.1, 0.15) is 5.78 Å². The molecule has 1 aliphatic carbocycles. The molecule has 0 heterocycles. The Balaban J connectivity index is 2.69. The molecule has 64 valence electrons. The van der Waals surface area contributed by atoms with Crippen LogP contribution in [0.2, 0.25) is 0 Å². The summed E-state index contributed by atoms with van der Waals surface area (Å²) >= 11 is 0. The zero-order valence-electron chi connectivity index (χ0n) is 6.81. The lowest BCUT2D eigenvalue weighted by Gasteiger charge is -2.32. The van der Waals surface area contributed by atoms with Gasteiger partial charge >= 0.3 is 0 Å². The lowest BCUT2D eigenvalue weighted by atomic mass is 9.73. The van der Waals surface area contributed by atoms with Gasteiger partial charge in [-0.05, 0) is 12.8 Å². The van der Waals surface area contributed by atoms with Crippen molar-refractivity contribution in [3.05, 3.63) is 0 Å². The molecule has 0 aromatic carbocycles. The molecule has 1 fully saturated rings. The van der Waals surface area contributed by atoms with Gasteiger partial charge in [0.25, 0.3) is 0 Å². The Labute approximate surface area is 67.1 Å². The van der Waals surface area contributed by atoms with E-state index in [-0.39, 0.29) is 11.2 Å². The zero-order chi connectivity index (χ0) is 8.32. The predicted octanol–water partition coefficient (Wildman–Crippen LogP) is 0.0333. The molecule has 11 heavy (non-hydrogen) atoms. The fourth-order valence-electron chi connectivity index (χ4n) is 1.67. The van der Waals surface area contributed by atoms with E-state index in [2.05, 4.69) is 0 Å². The van der Waals surface area contributed by atoms with Crippen molar-refractivity contribution in [2.75, 3.05) is 13.1 Å². The van der Waals surface area contributed by atoms with Crippen LogP contribution < -0.4 is 11.5 Å². The van der Waals surface area contributed by atoms with Gasteiger partial charge < -0.3 is 11.5 Å². The molecule has 0 bridgehead atoms. The number of hydrogen-bond acceptors (Lipinski definition) is 3. The maximum atomic E-state index is 11.4. The van der Waals surface area contributed by atoms with Gasteiger partial charge in [-0.25, -0.2) is 0 Å². The average molecular weight is 156 g/mol. The maximum absolute atomic E-state index is 11.4. The molecule has 1 rings (SSSR count). The highest BCUT2D eigenvalue weighted by Crippen LogP contribution is 2.30. The smallest absolute Gasteiger partial charge is 0.141 e. The van der Waals surface area contributed by atoms with E-state index in [0.717, 1.165) is 19.3 Å². The van der Waals surface area contributed by atoms with Gasteiger partial charge in [-0.1, -0.05) is 6.42 Å². The van der Waals surface area contributed by atoms with Crippen molar-refractivity contribution in [2.24, 2.45) is 16.9 Å². The summed E-state index contributed by atoms with van der Waals surface area (Å²) < 4.78 is 0. The lowest BCUT2D eigenvalue weighted by Crippen LogP contribution is -2.46. The van der Waals surface area contributed by atoms with Gasteiger partial charge in [-0.3, -0.25) is 4.79 Å². The number of carbonyl (C=O) groups is 1. The van der Waals surface area contributed by atoms with Crippen LogP contribution in [0, 0.1) is 5.41 Å². The first-order valence-corrected chi connectivity index (χ1v) is 4.18. The Kier molecular flexibility index (Phi) is 2.62.